The number of guanidine groups is 1. The second-order valence-corrected chi connectivity index (χ2v) is 6.34. The van der Waals surface area contributed by atoms with Crippen molar-refractivity contribution in [2.24, 2.45) is 10.7 Å². The number of ether oxygens (including phenoxy) is 2. The van der Waals surface area contributed by atoms with E-state index >= 15 is 0 Å². The highest BCUT2D eigenvalue weighted by atomic mass is 16.5. The minimum Gasteiger partial charge on any atom is -0.489 e. The van der Waals surface area contributed by atoms with Crippen LogP contribution < -0.4 is 15.8 Å². The summed E-state index contributed by atoms with van der Waals surface area (Å²) in [6, 6.07) is 25.8. The lowest BCUT2D eigenvalue weighted by Gasteiger charge is -2.11. The molecule has 3 aromatic rings. The Balaban J connectivity index is 1.59. The first kappa shape index (κ1) is 19.5. The number of nitrogens with zero attached hydrogens (tertiary/aromatic N) is 1. The number of aliphatic imine (C=N–C) groups is 1. The summed E-state index contributed by atoms with van der Waals surface area (Å²) in [5.74, 6) is 1.17. The molecule has 0 bridgehead atoms. The van der Waals surface area contributed by atoms with Gasteiger partial charge < -0.3 is 20.5 Å². The van der Waals surface area contributed by atoms with Crippen molar-refractivity contribution in [3.63, 3.8) is 0 Å². The molecule has 0 heterocycles. The monoisotopic (exact) mass is 375 g/mol. The first-order valence-electron chi connectivity index (χ1n) is 9.14. The molecular formula is C23H25N3O2. The highest BCUT2D eigenvalue weighted by molar-refractivity contribution is 5.92. The Hall–Kier alpha value is -3.31. The molecule has 0 saturated carbocycles. The highest BCUT2D eigenvalue weighted by Gasteiger charge is 2.03. The van der Waals surface area contributed by atoms with Crippen molar-refractivity contribution in [1.29, 1.82) is 0 Å². The number of rotatable bonds is 8. The SMILES string of the molecule is COCc1ccccc1NC(N)=NCc1cccc(OCc2ccccc2)c1. The predicted molar refractivity (Wildman–Crippen MR) is 113 cm³/mol. The van der Waals surface area contributed by atoms with Crippen LogP contribution in [0.5, 0.6) is 5.75 Å². The molecule has 0 aliphatic heterocycles. The largest absolute Gasteiger partial charge is 0.489 e. The molecule has 0 unspecified atom stereocenters. The number of nitrogens with two attached hydrogens (primary N) is 1. The molecule has 5 nitrogen and oxygen atoms in total. The average molecular weight is 375 g/mol. The van der Waals surface area contributed by atoms with Gasteiger partial charge in [-0.2, -0.15) is 0 Å². The number of anilines is 1. The maximum atomic E-state index is 6.06. The number of hydrogen-bond acceptors (Lipinski definition) is 3. The van der Waals surface area contributed by atoms with E-state index in [0.29, 0.717) is 25.7 Å². The fourth-order valence-electron chi connectivity index (χ4n) is 2.75. The summed E-state index contributed by atoms with van der Waals surface area (Å²) < 4.78 is 11.1. The maximum Gasteiger partial charge on any atom is 0.193 e. The van der Waals surface area contributed by atoms with Gasteiger partial charge in [0.15, 0.2) is 5.96 Å². The second kappa shape index (κ2) is 10.1. The fraction of sp³-hybridized carbons (Fsp3) is 0.174. The van der Waals surface area contributed by atoms with Gasteiger partial charge in [-0.3, -0.25) is 0 Å². The van der Waals surface area contributed by atoms with E-state index in [2.05, 4.69) is 10.3 Å². The third-order valence-corrected chi connectivity index (χ3v) is 4.16. The zero-order valence-electron chi connectivity index (χ0n) is 16.0. The summed E-state index contributed by atoms with van der Waals surface area (Å²) in [7, 11) is 1.67. The summed E-state index contributed by atoms with van der Waals surface area (Å²) in [6.45, 7) is 1.51. The van der Waals surface area contributed by atoms with E-state index in [1.807, 2.05) is 78.9 Å². The molecule has 0 aliphatic carbocycles. The summed E-state index contributed by atoms with van der Waals surface area (Å²) in [6.07, 6.45) is 0. The quantitative estimate of drug-likeness (QED) is 0.454. The van der Waals surface area contributed by atoms with Crippen LogP contribution in [-0.2, 0) is 24.5 Å². The minimum absolute atomic E-state index is 0.360. The molecule has 0 radical (unpaired) electrons. The Labute approximate surface area is 165 Å². The molecule has 0 saturated heterocycles. The Kier molecular flexibility index (Phi) is 7.04. The van der Waals surface area contributed by atoms with Crippen LogP contribution in [0.1, 0.15) is 16.7 Å². The topological polar surface area (TPSA) is 68.9 Å². The van der Waals surface area contributed by atoms with Crippen LogP contribution in [0.4, 0.5) is 5.69 Å². The summed E-state index contributed by atoms with van der Waals surface area (Å²) in [5.41, 5.74) is 10.1. The standard InChI is InChI=1S/C23H25N3O2/c1-27-17-20-11-5-6-13-22(20)26-23(24)25-15-19-10-7-12-21(14-19)28-16-18-8-3-2-4-9-18/h2-14H,15-17H2,1H3,(H3,24,25,26). The van der Waals surface area contributed by atoms with Gasteiger partial charge in [0.05, 0.1) is 13.2 Å². The van der Waals surface area contributed by atoms with Crippen molar-refractivity contribution < 1.29 is 9.47 Å². The van der Waals surface area contributed by atoms with Crippen molar-refractivity contribution in [1.82, 2.24) is 0 Å². The van der Waals surface area contributed by atoms with Crippen LogP contribution in [0.15, 0.2) is 83.9 Å². The number of hydrogen-bond donors (Lipinski definition) is 2. The summed E-state index contributed by atoms with van der Waals surface area (Å²) in [4.78, 5) is 4.44. The molecule has 28 heavy (non-hydrogen) atoms. The molecule has 3 rings (SSSR count). The van der Waals surface area contributed by atoms with Gasteiger partial charge in [0.2, 0.25) is 0 Å². The van der Waals surface area contributed by atoms with E-state index in [9.17, 15) is 0 Å². The minimum atomic E-state index is 0.360. The van der Waals surface area contributed by atoms with E-state index in [1.165, 1.54) is 0 Å². The average Bonchev–Trinajstić information content (AvgIpc) is 2.73. The molecule has 0 atom stereocenters. The first-order chi connectivity index (χ1) is 13.7. The molecule has 0 spiro atoms. The molecule has 0 aliphatic rings. The zero-order valence-corrected chi connectivity index (χ0v) is 16.0. The summed E-state index contributed by atoms with van der Waals surface area (Å²) in [5, 5.41) is 3.14. The lowest BCUT2D eigenvalue weighted by atomic mass is 10.2. The van der Waals surface area contributed by atoms with Crippen molar-refractivity contribution in [2.45, 2.75) is 19.8 Å². The van der Waals surface area contributed by atoms with Crippen LogP contribution in [0.3, 0.4) is 0 Å². The lowest BCUT2D eigenvalue weighted by Crippen LogP contribution is -2.23. The van der Waals surface area contributed by atoms with E-state index in [0.717, 1.165) is 28.1 Å². The van der Waals surface area contributed by atoms with E-state index < -0.39 is 0 Å². The number of benzene rings is 3. The first-order valence-corrected chi connectivity index (χ1v) is 9.14. The third kappa shape index (κ3) is 5.86. The highest BCUT2D eigenvalue weighted by Crippen LogP contribution is 2.17. The molecule has 3 aromatic carbocycles. The Bertz CT molecular complexity index is 910. The molecule has 3 N–H and O–H groups in total. The Morgan fingerprint density at radius 1 is 0.893 bits per heavy atom. The van der Waals surface area contributed by atoms with Crippen molar-refractivity contribution in [3.05, 3.63) is 95.6 Å². The number of para-hydroxylation sites is 1. The van der Waals surface area contributed by atoms with Gasteiger partial charge in [0.1, 0.15) is 12.4 Å². The van der Waals surface area contributed by atoms with Crippen LogP contribution in [0, 0.1) is 0 Å². The lowest BCUT2D eigenvalue weighted by molar-refractivity contribution is 0.185. The van der Waals surface area contributed by atoms with Crippen LogP contribution in [0.2, 0.25) is 0 Å². The predicted octanol–water partition coefficient (Wildman–Crippen LogP) is 4.34. The molecule has 0 fully saturated rings. The van der Waals surface area contributed by atoms with Gasteiger partial charge in [0.25, 0.3) is 0 Å². The number of methoxy groups -OCH3 is 1. The van der Waals surface area contributed by atoms with E-state index in [1.54, 1.807) is 7.11 Å². The fourth-order valence-corrected chi connectivity index (χ4v) is 2.75. The summed E-state index contributed by atoms with van der Waals surface area (Å²) >= 11 is 0. The third-order valence-electron chi connectivity index (χ3n) is 4.16. The molecule has 144 valence electrons. The van der Waals surface area contributed by atoms with Gasteiger partial charge in [-0.1, -0.05) is 60.7 Å². The molecule has 0 aromatic heterocycles. The molecule has 5 heteroatoms. The molecule has 0 amide bonds. The smallest absolute Gasteiger partial charge is 0.193 e. The van der Waals surface area contributed by atoms with Crippen molar-refractivity contribution in [3.8, 4) is 5.75 Å². The van der Waals surface area contributed by atoms with E-state index in [4.69, 9.17) is 15.2 Å². The Morgan fingerprint density at radius 2 is 1.64 bits per heavy atom. The van der Waals surface area contributed by atoms with Crippen LogP contribution in [-0.4, -0.2) is 13.1 Å². The van der Waals surface area contributed by atoms with Crippen molar-refractivity contribution in [2.75, 3.05) is 12.4 Å². The van der Waals surface area contributed by atoms with Crippen LogP contribution in [0.25, 0.3) is 0 Å². The van der Waals surface area contributed by atoms with Gasteiger partial charge in [-0.05, 0) is 29.3 Å². The van der Waals surface area contributed by atoms with E-state index in [-0.39, 0.29) is 0 Å². The normalized spacial score (nSPS) is 11.2. The van der Waals surface area contributed by atoms with Gasteiger partial charge in [0, 0.05) is 18.4 Å². The Morgan fingerprint density at radius 3 is 2.46 bits per heavy atom. The van der Waals surface area contributed by atoms with Gasteiger partial charge >= 0.3 is 0 Å². The van der Waals surface area contributed by atoms with Crippen LogP contribution >= 0.6 is 0 Å². The second-order valence-electron chi connectivity index (χ2n) is 6.34. The molecular weight excluding hydrogens is 350 g/mol. The van der Waals surface area contributed by atoms with Gasteiger partial charge in [-0.25, -0.2) is 4.99 Å². The zero-order chi connectivity index (χ0) is 19.6. The van der Waals surface area contributed by atoms with Gasteiger partial charge in [-0.15, -0.1) is 0 Å². The number of nitrogens with one attached hydrogen (secondary N) is 1. The maximum absolute atomic E-state index is 6.06. The van der Waals surface area contributed by atoms with Crippen molar-refractivity contribution >= 4 is 11.6 Å².